The SMILES string of the molecule is Cc1cc(C)c2[nH]c(-c3nc4ccccc4s3)c(CCCCN)c2c1. The maximum absolute atomic E-state index is 5.71. The van der Waals surface area contributed by atoms with E-state index in [0.717, 1.165) is 36.3 Å². The highest BCUT2D eigenvalue weighted by Crippen LogP contribution is 2.37. The van der Waals surface area contributed by atoms with E-state index in [1.807, 2.05) is 6.07 Å². The summed E-state index contributed by atoms with van der Waals surface area (Å²) in [5.41, 5.74) is 13.2. The zero-order valence-corrected chi connectivity index (χ0v) is 15.5. The van der Waals surface area contributed by atoms with Gasteiger partial charge in [0.05, 0.1) is 15.9 Å². The fraction of sp³-hybridized carbons (Fsp3) is 0.286. The Morgan fingerprint density at radius 3 is 2.76 bits per heavy atom. The van der Waals surface area contributed by atoms with Gasteiger partial charge in [-0.15, -0.1) is 11.3 Å². The number of thiazole rings is 1. The molecule has 3 N–H and O–H groups in total. The van der Waals surface area contributed by atoms with Gasteiger partial charge in [0.1, 0.15) is 5.01 Å². The summed E-state index contributed by atoms with van der Waals surface area (Å²) in [5, 5.41) is 2.42. The van der Waals surface area contributed by atoms with Gasteiger partial charge in [0.2, 0.25) is 0 Å². The van der Waals surface area contributed by atoms with Crippen molar-refractivity contribution in [1.29, 1.82) is 0 Å². The second kappa shape index (κ2) is 6.62. The number of nitrogens with two attached hydrogens (primary N) is 1. The first-order chi connectivity index (χ1) is 12.2. The third kappa shape index (κ3) is 2.96. The molecular weight excluding hydrogens is 326 g/mol. The molecule has 0 aliphatic carbocycles. The Hall–Kier alpha value is -2.17. The number of hydrogen-bond donors (Lipinski definition) is 2. The summed E-state index contributed by atoms with van der Waals surface area (Å²) in [6.45, 7) is 5.09. The quantitative estimate of drug-likeness (QED) is 0.478. The number of hydrogen-bond acceptors (Lipinski definition) is 3. The number of rotatable bonds is 5. The summed E-state index contributed by atoms with van der Waals surface area (Å²) in [6, 6.07) is 12.9. The molecule has 0 fully saturated rings. The third-order valence-electron chi connectivity index (χ3n) is 4.75. The van der Waals surface area contributed by atoms with E-state index < -0.39 is 0 Å². The lowest BCUT2D eigenvalue weighted by atomic mass is 10.0. The van der Waals surface area contributed by atoms with Gasteiger partial charge in [-0.05, 0) is 69.0 Å². The van der Waals surface area contributed by atoms with E-state index in [1.54, 1.807) is 11.3 Å². The monoisotopic (exact) mass is 349 g/mol. The Bertz CT molecular complexity index is 1010. The van der Waals surface area contributed by atoms with Crippen molar-refractivity contribution in [3.8, 4) is 10.7 Å². The normalized spacial score (nSPS) is 11.6. The summed E-state index contributed by atoms with van der Waals surface area (Å²) < 4.78 is 1.23. The number of unbranched alkanes of at least 4 members (excludes halogenated alkanes) is 1. The summed E-state index contributed by atoms with van der Waals surface area (Å²) in [4.78, 5) is 8.56. The molecule has 0 aliphatic heterocycles. The van der Waals surface area contributed by atoms with E-state index in [1.165, 1.54) is 38.0 Å². The molecule has 2 aromatic heterocycles. The number of para-hydroxylation sites is 1. The van der Waals surface area contributed by atoms with Gasteiger partial charge in [0.15, 0.2) is 0 Å². The van der Waals surface area contributed by atoms with Gasteiger partial charge in [-0.25, -0.2) is 4.98 Å². The van der Waals surface area contributed by atoms with Crippen molar-refractivity contribution in [2.24, 2.45) is 5.73 Å². The summed E-state index contributed by atoms with van der Waals surface area (Å²) in [6.07, 6.45) is 3.19. The predicted molar refractivity (Wildman–Crippen MR) is 108 cm³/mol. The van der Waals surface area contributed by atoms with Crippen LogP contribution in [0.2, 0.25) is 0 Å². The standard InChI is InChI=1S/C21H23N3S/c1-13-11-14(2)19-16(12-13)15(7-5-6-10-22)20(24-19)21-23-17-8-3-4-9-18(17)25-21/h3-4,8-9,11-12,24H,5-7,10,22H2,1-2H3. The topological polar surface area (TPSA) is 54.7 Å². The summed E-state index contributed by atoms with van der Waals surface area (Å²) in [5.74, 6) is 0. The molecule has 0 amide bonds. The average molecular weight is 350 g/mol. The predicted octanol–water partition coefficient (Wildman–Crippen LogP) is 5.34. The summed E-state index contributed by atoms with van der Waals surface area (Å²) >= 11 is 1.76. The number of aromatic amines is 1. The molecule has 0 unspecified atom stereocenters. The first-order valence-electron chi connectivity index (χ1n) is 8.85. The first-order valence-corrected chi connectivity index (χ1v) is 9.67. The molecular formula is C21H23N3S. The lowest BCUT2D eigenvalue weighted by molar-refractivity contribution is 0.748. The number of aryl methyl sites for hydroxylation is 3. The lowest BCUT2D eigenvalue weighted by Crippen LogP contribution is -1.99. The minimum Gasteiger partial charge on any atom is -0.352 e. The van der Waals surface area contributed by atoms with Gasteiger partial charge in [-0.1, -0.05) is 23.8 Å². The molecule has 4 rings (SSSR count). The van der Waals surface area contributed by atoms with Crippen molar-refractivity contribution in [2.45, 2.75) is 33.1 Å². The van der Waals surface area contributed by atoms with Crippen molar-refractivity contribution in [1.82, 2.24) is 9.97 Å². The molecule has 4 aromatic rings. The van der Waals surface area contributed by atoms with Crippen LogP contribution in [0.15, 0.2) is 36.4 Å². The van der Waals surface area contributed by atoms with Gasteiger partial charge in [0.25, 0.3) is 0 Å². The molecule has 2 heterocycles. The van der Waals surface area contributed by atoms with E-state index in [4.69, 9.17) is 10.7 Å². The molecule has 25 heavy (non-hydrogen) atoms. The number of aromatic nitrogens is 2. The molecule has 0 radical (unpaired) electrons. The van der Waals surface area contributed by atoms with Crippen molar-refractivity contribution < 1.29 is 0 Å². The summed E-state index contributed by atoms with van der Waals surface area (Å²) in [7, 11) is 0. The highest BCUT2D eigenvalue weighted by atomic mass is 32.1. The second-order valence-electron chi connectivity index (χ2n) is 6.72. The Morgan fingerprint density at radius 2 is 1.96 bits per heavy atom. The second-order valence-corrected chi connectivity index (χ2v) is 7.75. The Labute approximate surface area is 151 Å². The molecule has 0 spiro atoms. The van der Waals surface area contributed by atoms with Crippen molar-refractivity contribution in [2.75, 3.05) is 6.54 Å². The smallest absolute Gasteiger partial charge is 0.141 e. The van der Waals surface area contributed by atoms with Crippen LogP contribution in [0.3, 0.4) is 0 Å². The van der Waals surface area contributed by atoms with Crippen LogP contribution in [0.5, 0.6) is 0 Å². The van der Waals surface area contributed by atoms with Gasteiger partial charge < -0.3 is 10.7 Å². The zero-order valence-electron chi connectivity index (χ0n) is 14.7. The minimum absolute atomic E-state index is 0.747. The first kappa shape index (κ1) is 16.3. The molecule has 2 aromatic carbocycles. The highest BCUT2D eigenvalue weighted by molar-refractivity contribution is 7.21. The van der Waals surface area contributed by atoms with Gasteiger partial charge >= 0.3 is 0 Å². The largest absolute Gasteiger partial charge is 0.352 e. The molecule has 4 heteroatoms. The number of H-pyrrole nitrogens is 1. The number of nitrogens with one attached hydrogen (secondary N) is 1. The fourth-order valence-electron chi connectivity index (χ4n) is 3.57. The van der Waals surface area contributed by atoms with Crippen LogP contribution in [0.25, 0.3) is 31.8 Å². The maximum atomic E-state index is 5.71. The minimum atomic E-state index is 0.747. The van der Waals surface area contributed by atoms with Crippen molar-refractivity contribution in [3.05, 3.63) is 53.1 Å². The van der Waals surface area contributed by atoms with Crippen molar-refractivity contribution in [3.63, 3.8) is 0 Å². The van der Waals surface area contributed by atoms with Gasteiger partial charge in [-0.2, -0.15) is 0 Å². The molecule has 0 saturated heterocycles. The van der Waals surface area contributed by atoms with E-state index in [9.17, 15) is 0 Å². The van der Waals surface area contributed by atoms with Crippen molar-refractivity contribution >= 4 is 32.5 Å². The van der Waals surface area contributed by atoms with Crippen LogP contribution in [-0.2, 0) is 6.42 Å². The number of nitrogens with zero attached hydrogens (tertiary/aromatic N) is 1. The van der Waals surface area contributed by atoms with E-state index in [-0.39, 0.29) is 0 Å². The van der Waals surface area contributed by atoms with Gasteiger partial charge in [0, 0.05) is 10.9 Å². The van der Waals surface area contributed by atoms with E-state index in [2.05, 4.69) is 49.2 Å². The van der Waals surface area contributed by atoms with Gasteiger partial charge in [-0.3, -0.25) is 0 Å². The molecule has 3 nitrogen and oxygen atoms in total. The average Bonchev–Trinajstić information content (AvgIpc) is 3.17. The van der Waals surface area contributed by atoms with Crippen LogP contribution in [0.1, 0.15) is 29.5 Å². The third-order valence-corrected chi connectivity index (χ3v) is 5.80. The number of fused-ring (bicyclic) bond motifs is 2. The van der Waals surface area contributed by atoms with Crippen LogP contribution >= 0.6 is 11.3 Å². The Morgan fingerprint density at radius 1 is 1.12 bits per heavy atom. The maximum Gasteiger partial charge on any atom is 0.141 e. The Balaban J connectivity index is 1.91. The molecule has 0 saturated carbocycles. The van der Waals surface area contributed by atoms with Crippen LogP contribution in [-0.4, -0.2) is 16.5 Å². The number of benzene rings is 2. The highest BCUT2D eigenvalue weighted by Gasteiger charge is 2.17. The molecule has 128 valence electrons. The van der Waals surface area contributed by atoms with Crippen LogP contribution < -0.4 is 5.73 Å². The van der Waals surface area contributed by atoms with E-state index >= 15 is 0 Å². The molecule has 0 atom stereocenters. The fourth-order valence-corrected chi connectivity index (χ4v) is 4.57. The van der Waals surface area contributed by atoms with E-state index in [0.29, 0.717) is 0 Å². The Kier molecular flexibility index (Phi) is 4.32. The van der Waals surface area contributed by atoms with Crippen LogP contribution in [0, 0.1) is 13.8 Å². The molecule has 0 aliphatic rings. The zero-order chi connectivity index (χ0) is 17.4. The molecule has 0 bridgehead atoms. The van der Waals surface area contributed by atoms with Crippen LogP contribution in [0.4, 0.5) is 0 Å². The lowest BCUT2D eigenvalue weighted by Gasteiger charge is -2.04.